The first kappa shape index (κ1) is 9.75. The Morgan fingerprint density at radius 3 is 3.00 bits per heavy atom. The average molecular weight is 219 g/mol. The smallest absolute Gasteiger partial charge is 0.179 e. The number of halogens is 1. The number of aromatic nitrogens is 1. The summed E-state index contributed by atoms with van der Waals surface area (Å²) >= 11 is 5.49. The highest BCUT2D eigenvalue weighted by atomic mass is 35.5. The quantitative estimate of drug-likeness (QED) is 0.622. The summed E-state index contributed by atoms with van der Waals surface area (Å²) in [5.41, 5.74) is 1.92. The number of nitrogens with one attached hydrogen (secondary N) is 1. The average Bonchev–Trinajstić information content (AvgIpc) is 2.70. The van der Waals surface area contributed by atoms with Gasteiger partial charge in [0.25, 0.3) is 0 Å². The van der Waals surface area contributed by atoms with E-state index in [9.17, 15) is 4.79 Å². The summed E-state index contributed by atoms with van der Waals surface area (Å²) in [7, 11) is 0. The molecule has 3 nitrogen and oxygen atoms in total. The van der Waals surface area contributed by atoms with Crippen LogP contribution in [0.25, 0.3) is 10.9 Å². The molecule has 74 valence electrons. The summed E-state index contributed by atoms with van der Waals surface area (Å²) in [6.45, 7) is 0. The molecular formula is C11H7ClN2O. The lowest BCUT2D eigenvalue weighted by Gasteiger charge is -1.94. The summed E-state index contributed by atoms with van der Waals surface area (Å²) in [5, 5.41) is 9.51. The monoisotopic (exact) mass is 218 g/mol. The van der Waals surface area contributed by atoms with Crippen LogP contribution >= 0.6 is 11.6 Å². The highest BCUT2D eigenvalue weighted by Gasteiger charge is 2.10. The topological polar surface area (TPSA) is 56.6 Å². The maximum atomic E-state index is 11.4. The van der Waals surface area contributed by atoms with Gasteiger partial charge >= 0.3 is 0 Å². The third-order valence-electron chi connectivity index (χ3n) is 2.23. The Hall–Kier alpha value is -1.79. The number of hydrogen-bond acceptors (Lipinski definition) is 2. The number of nitrogens with zero attached hydrogens (tertiary/aromatic N) is 1. The second-order valence-electron chi connectivity index (χ2n) is 3.13. The number of carbonyl (C=O) groups excluding carboxylic acids is 1. The number of nitriles is 1. The lowest BCUT2D eigenvalue weighted by Crippen LogP contribution is -1.98. The fraction of sp³-hybridized carbons (Fsp3) is 0.0909. The molecule has 1 heterocycles. The molecule has 0 aliphatic rings. The second kappa shape index (κ2) is 3.76. The number of alkyl halides is 1. The van der Waals surface area contributed by atoms with E-state index in [1.807, 2.05) is 6.07 Å². The van der Waals surface area contributed by atoms with Gasteiger partial charge in [0.15, 0.2) is 5.78 Å². The van der Waals surface area contributed by atoms with E-state index in [2.05, 4.69) is 4.98 Å². The number of carbonyl (C=O) groups is 1. The van der Waals surface area contributed by atoms with Crippen molar-refractivity contribution in [2.75, 3.05) is 5.88 Å². The van der Waals surface area contributed by atoms with Gasteiger partial charge in [-0.3, -0.25) is 4.79 Å². The molecule has 2 rings (SSSR count). The van der Waals surface area contributed by atoms with E-state index >= 15 is 0 Å². The minimum absolute atomic E-state index is 0.0348. The molecular weight excluding hydrogens is 212 g/mol. The summed E-state index contributed by atoms with van der Waals surface area (Å²) in [6, 6.07) is 7.19. The number of H-pyrrole nitrogens is 1. The molecule has 0 saturated carbocycles. The highest BCUT2D eigenvalue weighted by molar-refractivity contribution is 6.31. The Kier molecular flexibility index (Phi) is 2.44. The van der Waals surface area contributed by atoms with Gasteiger partial charge in [0.05, 0.1) is 17.5 Å². The van der Waals surface area contributed by atoms with E-state index in [4.69, 9.17) is 16.9 Å². The number of benzene rings is 1. The van der Waals surface area contributed by atoms with E-state index in [0.717, 1.165) is 10.9 Å². The first-order chi connectivity index (χ1) is 7.26. The van der Waals surface area contributed by atoms with Gasteiger partial charge in [-0.2, -0.15) is 5.26 Å². The van der Waals surface area contributed by atoms with Crippen LogP contribution in [0.3, 0.4) is 0 Å². The normalized spacial score (nSPS) is 10.1. The van der Waals surface area contributed by atoms with Gasteiger partial charge in [0.1, 0.15) is 0 Å². The Balaban J connectivity index is 2.63. The third-order valence-corrected chi connectivity index (χ3v) is 2.48. The number of ketones is 1. The Morgan fingerprint density at radius 2 is 2.33 bits per heavy atom. The van der Waals surface area contributed by atoms with Crippen molar-refractivity contribution in [2.24, 2.45) is 0 Å². The van der Waals surface area contributed by atoms with Gasteiger partial charge in [-0.05, 0) is 12.1 Å². The molecule has 2 aromatic rings. The summed E-state index contributed by atoms with van der Waals surface area (Å²) in [6.07, 6.45) is 1.62. The Labute approximate surface area is 91.3 Å². The van der Waals surface area contributed by atoms with Crippen LogP contribution in [0, 0.1) is 11.3 Å². The maximum absolute atomic E-state index is 11.4. The SMILES string of the molecule is N#Cc1ccc2c(C(=O)CCl)c[nH]c2c1. The van der Waals surface area contributed by atoms with Gasteiger partial charge in [-0.1, -0.05) is 6.07 Å². The van der Waals surface area contributed by atoms with Gasteiger partial charge in [0, 0.05) is 22.7 Å². The van der Waals surface area contributed by atoms with Crippen molar-refractivity contribution in [3.8, 4) is 6.07 Å². The molecule has 1 N–H and O–H groups in total. The molecule has 15 heavy (non-hydrogen) atoms. The van der Waals surface area contributed by atoms with Crippen LogP contribution in [0.15, 0.2) is 24.4 Å². The lowest BCUT2D eigenvalue weighted by atomic mass is 10.1. The number of rotatable bonds is 2. The molecule has 1 aromatic heterocycles. The van der Waals surface area contributed by atoms with E-state index < -0.39 is 0 Å². The summed E-state index contributed by atoms with van der Waals surface area (Å²) in [5.74, 6) is -0.153. The van der Waals surface area contributed by atoms with E-state index in [1.165, 1.54) is 0 Å². The van der Waals surface area contributed by atoms with Crippen LogP contribution in [0.2, 0.25) is 0 Å². The molecule has 0 unspecified atom stereocenters. The zero-order chi connectivity index (χ0) is 10.8. The van der Waals surface area contributed by atoms with Gasteiger partial charge in [-0.25, -0.2) is 0 Å². The van der Waals surface area contributed by atoms with Gasteiger partial charge in [-0.15, -0.1) is 11.6 Å². The van der Waals surface area contributed by atoms with Crippen molar-refractivity contribution in [1.82, 2.24) is 4.98 Å². The van der Waals surface area contributed by atoms with E-state index in [1.54, 1.807) is 24.4 Å². The molecule has 0 bridgehead atoms. The largest absolute Gasteiger partial charge is 0.360 e. The first-order valence-corrected chi connectivity index (χ1v) is 4.90. The minimum atomic E-state index is -0.118. The molecule has 0 saturated heterocycles. The number of aromatic amines is 1. The minimum Gasteiger partial charge on any atom is -0.360 e. The molecule has 0 radical (unpaired) electrons. The number of hydrogen-bond donors (Lipinski definition) is 1. The Morgan fingerprint density at radius 1 is 1.53 bits per heavy atom. The lowest BCUT2D eigenvalue weighted by molar-refractivity contribution is 0.102. The zero-order valence-electron chi connectivity index (χ0n) is 7.75. The molecule has 0 aliphatic heterocycles. The zero-order valence-corrected chi connectivity index (χ0v) is 8.51. The fourth-order valence-corrected chi connectivity index (χ4v) is 1.64. The summed E-state index contributed by atoms with van der Waals surface area (Å²) < 4.78 is 0. The van der Waals surface area contributed by atoms with Crippen LogP contribution in [0.4, 0.5) is 0 Å². The predicted molar refractivity (Wildman–Crippen MR) is 58.1 cm³/mol. The molecule has 1 aromatic carbocycles. The standard InChI is InChI=1S/C11H7ClN2O/c12-4-11(15)9-6-14-10-3-7(5-13)1-2-8(9)10/h1-3,6,14H,4H2. The van der Waals surface area contributed by atoms with Crippen molar-refractivity contribution in [3.63, 3.8) is 0 Å². The number of Topliss-reactive ketones (excluding diaryl/α,β-unsaturated/α-hetero) is 1. The van der Waals surface area contributed by atoms with Crippen molar-refractivity contribution >= 4 is 28.3 Å². The van der Waals surface area contributed by atoms with Crippen LogP contribution in [0.1, 0.15) is 15.9 Å². The van der Waals surface area contributed by atoms with Crippen LogP contribution in [0.5, 0.6) is 0 Å². The first-order valence-electron chi connectivity index (χ1n) is 4.36. The molecule has 4 heteroatoms. The Bertz CT molecular complexity index is 565. The fourth-order valence-electron chi connectivity index (χ4n) is 1.50. The van der Waals surface area contributed by atoms with E-state index in [0.29, 0.717) is 11.1 Å². The van der Waals surface area contributed by atoms with Crippen LogP contribution < -0.4 is 0 Å². The molecule has 0 aliphatic carbocycles. The molecule has 0 fully saturated rings. The maximum Gasteiger partial charge on any atom is 0.179 e. The van der Waals surface area contributed by atoms with E-state index in [-0.39, 0.29) is 11.7 Å². The summed E-state index contributed by atoms with van der Waals surface area (Å²) in [4.78, 5) is 14.4. The van der Waals surface area contributed by atoms with Crippen molar-refractivity contribution < 1.29 is 4.79 Å². The predicted octanol–water partition coefficient (Wildman–Crippen LogP) is 2.46. The highest BCUT2D eigenvalue weighted by Crippen LogP contribution is 2.20. The van der Waals surface area contributed by atoms with Gasteiger partial charge < -0.3 is 4.98 Å². The second-order valence-corrected chi connectivity index (χ2v) is 3.40. The van der Waals surface area contributed by atoms with Crippen molar-refractivity contribution in [2.45, 2.75) is 0 Å². The van der Waals surface area contributed by atoms with Crippen LogP contribution in [-0.4, -0.2) is 16.6 Å². The van der Waals surface area contributed by atoms with Crippen molar-refractivity contribution in [1.29, 1.82) is 5.26 Å². The number of fused-ring (bicyclic) bond motifs is 1. The molecule has 0 atom stereocenters. The third kappa shape index (κ3) is 1.60. The molecule has 0 amide bonds. The van der Waals surface area contributed by atoms with Crippen molar-refractivity contribution in [3.05, 3.63) is 35.5 Å². The molecule has 0 spiro atoms. The van der Waals surface area contributed by atoms with Crippen LogP contribution in [-0.2, 0) is 0 Å². The van der Waals surface area contributed by atoms with Gasteiger partial charge in [0.2, 0.25) is 0 Å².